The lowest BCUT2D eigenvalue weighted by Crippen LogP contribution is -2.42. The maximum atomic E-state index is 5.77. The van der Waals surface area contributed by atoms with Crippen molar-refractivity contribution < 1.29 is 9.47 Å². The monoisotopic (exact) mass is 332 g/mol. The number of hydrogen-bond acceptors (Lipinski definition) is 4. The van der Waals surface area contributed by atoms with Crippen LogP contribution in [0.1, 0.15) is 39.2 Å². The van der Waals surface area contributed by atoms with Crippen LogP contribution in [-0.4, -0.2) is 43.8 Å². The molecule has 2 rings (SSSR count). The predicted octanol–water partition coefficient (Wildman–Crippen LogP) is 3.61. The molecule has 0 spiro atoms. The zero-order valence-corrected chi connectivity index (χ0v) is 15.6. The molecule has 134 valence electrons. The third-order valence-corrected chi connectivity index (χ3v) is 4.27. The smallest absolute Gasteiger partial charge is 0.161 e. The lowest BCUT2D eigenvalue weighted by molar-refractivity contribution is 0.211. The van der Waals surface area contributed by atoms with Crippen LogP contribution in [0.5, 0.6) is 11.5 Å². The van der Waals surface area contributed by atoms with Gasteiger partial charge in [0.2, 0.25) is 0 Å². The fourth-order valence-corrected chi connectivity index (χ4v) is 3.11. The summed E-state index contributed by atoms with van der Waals surface area (Å²) < 4.78 is 11.2. The van der Waals surface area contributed by atoms with Crippen molar-refractivity contribution >= 4 is 0 Å². The van der Waals surface area contributed by atoms with E-state index in [1.165, 1.54) is 24.0 Å². The summed E-state index contributed by atoms with van der Waals surface area (Å²) in [5.74, 6) is 1.61. The van der Waals surface area contributed by atoms with Gasteiger partial charge in [-0.1, -0.05) is 18.2 Å². The van der Waals surface area contributed by atoms with E-state index in [1.54, 1.807) is 7.11 Å². The topological polar surface area (TPSA) is 33.7 Å². The van der Waals surface area contributed by atoms with Crippen LogP contribution in [0, 0.1) is 0 Å². The average Bonchev–Trinajstić information content (AvgIpc) is 2.54. The Morgan fingerprint density at radius 3 is 2.58 bits per heavy atom. The highest BCUT2D eigenvalue weighted by atomic mass is 16.5. The Kier molecular flexibility index (Phi) is 7.13. The summed E-state index contributed by atoms with van der Waals surface area (Å²) in [6.45, 7) is 14.3. The van der Waals surface area contributed by atoms with Crippen LogP contribution in [0.3, 0.4) is 0 Å². The minimum atomic E-state index is 0.146. The van der Waals surface area contributed by atoms with Crippen LogP contribution in [0.25, 0.3) is 0 Å². The van der Waals surface area contributed by atoms with E-state index in [0.717, 1.165) is 37.7 Å². The van der Waals surface area contributed by atoms with Crippen molar-refractivity contribution in [2.45, 2.75) is 52.3 Å². The second-order valence-corrected chi connectivity index (χ2v) is 7.04. The molecule has 1 fully saturated rings. The van der Waals surface area contributed by atoms with Crippen molar-refractivity contribution in [3.05, 3.63) is 35.9 Å². The van der Waals surface area contributed by atoms with Crippen molar-refractivity contribution in [1.29, 1.82) is 0 Å². The van der Waals surface area contributed by atoms with Crippen LogP contribution >= 0.6 is 0 Å². The van der Waals surface area contributed by atoms with Crippen LogP contribution in [0.15, 0.2) is 30.4 Å². The van der Waals surface area contributed by atoms with Gasteiger partial charge < -0.3 is 14.8 Å². The molecule has 0 amide bonds. The molecule has 24 heavy (non-hydrogen) atoms. The summed E-state index contributed by atoms with van der Waals surface area (Å²) in [5, 5.41) is 3.68. The second-order valence-electron chi connectivity index (χ2n) is 7.04. The minimum Gasteiger partial charge on any atom is -0.493 e. The van der Waals surface area contributed by atoms with Gasteiger partial charge in [-0.15, -0.1) is 0 Å². The first-order chi connectivity index (χ1) is 11.5. The van der Waals surface area contributed by atoms with Gasteiger partial charge in [-0.25, -0.2) is 0 Å². The predicted molar refractivity (Wildman–Crippen MR) is 99.9 cm³/mol. The largest absolute Gasteiger partial charge is 0.493 e. The Morgan fingerprint density at radius 2 is 2.00 bits per heavy atom. The zero-order valence-electron chi connectivity index (χ0n) is 15.6. The molecular formula is C20H32N2O2. The Morgan fingerprint density at radius 1 is 1.29 bits per heavy atom. The van der Waals surface area contributed by atoms with E-state index in [2.05, 4.69) is 35.9 Å². The van der Waals surface area contributed by atoms with E-state index in [4.69, 9.17) is 9.47 Å². The highest BCUT2D eigenvalue weighted by Crippen LogP contribution is 2.29. The van der Waals surface area contributed by atoms with Gasteiger partial charge in [0.25, 0.3) is 0 Å². The van der Waals surface area contributed by atoms with E-state index in [0.29, 0.717) is 6.04 Å². The number of ether oxygens (including phenoxy) is 2. The molecule has 0 saturated carbocycles. The number of benzene rings is 1. The van der Waals surface area contributed by atoms with Crippen molar-refractivity contribution in [3.8, 4) is 11.5 Å². The highest BCUT2D eigenvalue weighted by molar-refractivity contribution is 5.43. The Hall–Kier alpha value is -1.52. The van der Waals surface area contributed by atoms with Gasteiger partial charge in [0, 0.05) is 19.1 Å². The highest BCUT2D eigenvalue weighted by Gasteiger charge is 2.18. The number of rotatable bonds is 8. The number of nitrogens with zero attached hydrogens (tertiary/aromatic N) is 1. The van der Waals surface area contributed by atoms with Gasteiger partial charge in [0.1, 0.15) is 0 Å². The quantitative estimate of drug-likeness (QED) is 0.737. The third kappa shape index (κ3) is 5.84. The number of nitrogens with one attached hydrogen (secondary N) is 1. The SMILES string of the molecule is C=C(C)CN1CCC(NCc2ccc(OC(C)C)c(OC)c2)CC1. The summed E-state index contributed by atoms with van der Waals surface area (Å²) in [6.07, 6.45) is 2.53. The average molecular weight is 332 g/mol. The van der Waals surface area contributed by atoms with Crippen LogP contribution in [0.2, 0.25) is 0 Å². The van der Waals surface area contributed by atoms with Crippen LogP contribution in [-0.2, 0) is 6.54 Å². The zero-order chi connectivity index (χ0) is 17.5. The van der Waals surface area contributed by atoms with E-state index in [9.17, 15) is 0 Å². The van der Waals surface area contributed by atoms with Gasteiger partial charge in [0.05, 0.1) is 13.2 Å². The van der Waals surface area contributed by atoms with Crippen LogP contribution < -0.4 is 14.8 Å². The molecule has 1 aromatic carbocycles. The maximum absolute atomic E-state index is 5.77. The molecule has 0 aromatic heterocycles. The third-order valence-electron chi connectivity index (χ3n) is 4.27. The lowest BCUT2D eigenvalue weighted by Gasteiger charge is -2.32. The first-order valence-electron chi connectivity index (χ1n) is 8.91. The molecule has 0 atom stereocenters. The van der Waals surface area contributed by atoms with E-state index in [-0.39, 0.29) is 6.10 Å². The molecular weight excluding hydrogens is 300 g/mol. The summed E-state index contributed by atoms with van der Waals surface area (Å²) in [4.78, 5) is 2.49. The van der Waals surface area contributed by atoms with Crippen molar-refractivity contribution in [1.82, 2.24) is 10.2 Å². The molecule has 0 unspecified atom stereocenters. The summed E-state index contributed by atoms with van der Waals surface area (Å²) in [7, 11) is 1.69. The Labute approximate surface area is 146 Å². The molecule has 0 aliphatic carbocycles. The van der Waals surface area contributed by atoms with E-state index >= 15 is 0 Å². The fourth-order valence-electron chi connectivity index (χ4n) is 3.11. The van der Waals surface area contributed by atoms with Gasteiger partial charge in [-0.2, -0.15) is 0 Å². The van der Waals surface area contributed by atoms with Gasteiger partial charge >= 0.3 is 0 Å². The molecule has 0 bridgehead atoms. The van der Waals surface area contributed by atoms with Crippen molar-refractivity contribution in [2.24, 2.45) is 0 Å². The lowest BCUT2D eigenvalue weighted by atomic mass is 10.0. The number of hydrogen-bond donors (Lipinski definition) is 1. The van der Waals surface area contributed by atoms with Crippen LogP contribution in [0.4, 0.5) is 0 Å². The molecule has 1 aliphatic rings. The second kappa shape index (κ2) is 9.09. The summed E-state index contributed by atoms with van der Waals surface area (Å²) in [5.41, 5.74) is 2.48. The molecule has 1 N–H and O–H groups in total. The van der Waals surface area contributed by atoms with E-state index in [1.807, 2.05) is 19.9 Å². The molecule has 4 heteroatoms. The Bertz CT molecular complexity index is 534. The number of methoxy groups -OCH3 is 1. The van der Waals surface area contributed by atoms with Crippen molar-refractivity contribution in [2.75, 3.05) is 26.7 Å². The normalized spacial score (nSPS) is 16.4. The molecule has 1 saturated heterocycles. The molecule has 1 aromatic rings. The van der Waals surface area contributed by atoms with E-state index < -0.39 is 0 Å². The van der Waals surface area contributed by atoms with Gasteiger partial charge in [-0.05, 0) is 64.4 Å². The van der Waals surface area contributed by atoms with Gasteiger partial charge in [-0.3, -0.25) is 4.90 Å². The molecule has 4 nitrogen and oxygen atoms in total. The van der Waals surface area contributed by atoms with Crippen molar-refractivity contribution in [3.63, 3.8) is 0 Å². The molecule has 0 radical (unpaired) electrons. The first kappa shape index (κ1) is 18.8. The molecule has 1 aliphatic heterocycles. The standard InChI is InChI=1S/C20H32N2O2/c1-15(2)14-22-10-8-18(9-11-22)21-13-17-6-7-19(24-16(3)4)20(12-17)23-5/h6-7,12,16,18,21H,1,8-11,13-14H2,2-5H3. The minimum absolute atomic E-state index is 0.146. The fraction of sp³-hybridized carbons (Fsp3) is 0.600. The Balaban J connectivity index is 1.83. The summed E-state index contributed by atoms with van der Waals surface area (Å²) in [6, 6.07) is 6.78. The summed E-state index contributed by atoms with van der Waals surface area (Å²) >= 11 is 0. The number of likely N-dealkylation sites (tertiary alicyclic amines) is 1. The van der Waals surface area contributed by atoms with Gasteiger partial charge in [0.15, 0.2) is 11.5 Å². The number of piperidine rings is 1. The first-order valence-corrected chi connectivity index (χ1v) is 8.91. The maximum Gasteiger partial charge on any atom is 0.161 e. The molecule has 1 heterocycles.